The SMILES string of the molecule is O=c1onc(-c2ccccc2)n1Cc1nc(-c2ccc(Cl)cc2)no1. The maximum absolute atomic E-state index is 12.0. The summed E-state index contributed by atoms with van der Waals surface area (Å²) in [6, 6.07) is 16.3. The second-order valence-electron chi connectivity index (χ2n) is 5.24. The van der Waals surface area contributed by atoms with Crippen LogP contribution in [0.5, 0.6) is 0 Å². The first-order valence-electron chi connectivity index (χ1n) is 7.41. The zero-order valence-electron chi connectivity index (χ0n) is 12.8. The predicted molar refractivity (Wildman–Crippen MR) is 90.0 cm³/mol. The lowest BCUT2D eigenvalue weighted by molar-refractivity contribution is 0.354. The van der Waals surface area contributed by atoms with Gasteiger partial charge >= 0.3 is 5.76 Å². The van der Waals surface area contributed by atoms with E-state index in [-0.39, 0.29) is 12.4 Å². The van der Waals surface area contributed by atoms with Crippen LogP contribution in [-0.2, 0) is 6.54 Å². The molecule has 0 radical (unpaired) electrons. The van der Waals surface area contributed by atoms with Gasteiger partial charge in [-0.15, -0.1) is 0 Å². The molecule has 4 rings (SSSR count). The molecule has 0 fully saturated rings. The van der Waals surface area contributed by atoms with Crippen molar-refractivity contribution in [1.82, 2.24) is 19.9 Å². The van der Waals surface area contributed by atoms with Crippen LogP contribution in [0.4, 0.5) is 0 Å². The molecular formula is C17H11ClN4O3. The van der Waals surface area contributed by atoms with E-state index >= 15 is 0 Å². The van der Waals surface area contributed by atoms with Crippen molar-refractivity contribution < 1.29 is 9.05 Å². The molecule has 0 aliphatic heterocycles. The second-order valence-corrected chi connectivity index (χ2v) is 5.68. The summed E-state index contributed by atoms with van der Waals surface area (Å²) in [4.78, 5) is 16.3. The summed E-state index contributed by atoms with van der Waals surface area (Å²) in [7, 11) is 0. The fourth-order valence-corrected chi connectivity index (χ4v) is 2.50. The Morgan fingerprint density at radius 2 is 1.68 bits per heavy atom. The summed E-state index contributed by atoms with van der Waals surface area (Å²) in [5, 5.41) is 8.38. The second kappa shape index (κ2) is 6.37. The summed E-state index contributed by atoms with van der Waals surface area (Å²) in [5.41, 5.74) is 1.52. The molecule has 0 saturated heterocycles. The lowest BCUT2D eigenvalue weighted by Gasteiger charge is -2.00. The highest BCUT2D eigenvalue weighted by Crippen LogP contribution is 2.20. The molecule has 0 atom stereocenters. The molecule has 7 nitrogen and oxygen atoms in total. The Morgan fingerprint density at radius 3 is 2.44 bits per heavy atom. The highest BCUT2D eigenvalue weighted by molar-refractivity contribution is 6.30. The van der Waals surface area contributed by atoms with Crippen LogP contribution in [0.1, 0.15) is 5.89 Å². The Morgan fingerprint density at radius 1 is 0.920 bits per heavy atom. The molecule has 0 unspecified atom stereocenters. The third kappa shape index (κ3) is 3.09. The molecule has 0 bridgehead atoms. The van der Waals surface area contributed by atoms with Gasteiger partial charge in [0.15, 0.2) is 5.82 Å². The Bertz CT molecular complexity index is 1050. The Kier molecular flexibility index (Phi) is 3.91. The molecule has 25 heavy (non-hydrogen) atoms. The van der Waals surface area contributed by atoms with Crippen LogP contribution in [0.15, 0.2) is 68.4 Å². The van der Waals surface area contributed by atoms with E-state index in [2.05, 4.69) is 15.3 Å². The van der Waals surface area contributed by atoms with E-state index in [1.807, 2.05) is 30.3 Å². The normalized spacial score (nSPS) is 10.9. The number of halogens is 1. The molecule has 0 spiro atoms. The van der Waals surface area contributed by atoms with Crippen molar-refractivity contribution in [2.45, 2.75) is 6.54 Å². The van der Waals surface area contributed by atoms with Crippen molar-refractivity contribution in [3.05, 3.63) is 76.1 Å². The van der Waals surface area contributed by atoms with Crippen molar-refractivity contribution in [3.63, 3.8) is 0 Å². The van der Waals surface area contributed by atoms with E-state index in [0.29, 0.717) is 16.7 Å². The van der Waals surface area contributed by atoms with Gasteiger partial charge in [-0.2, -0.15) is 4.98 Å². The van der Waals surface area contributed by atoms with E-state index in [0.717, 1.165) is 11.1 Å². The minimum absolute atomic E-state index is 0.0626. The van der Waals surface area contributed by atoms with E-state index < -0.39 is 5.76 Å². The number of hydrogen-bond donors (Lipinski definition) is 0. The molecule has 124 valence electrons. The van der Waals surface area contributed by atoms with E-state index in [1.54, 1.807) is 24.3 Å². The Labute approximate surface area is 146 Å². The summed E-state index contributed by atoms with van der Waals surface area (Å²) < 4.78 is 11.4. The molecule has 4 aromatic rings. The third-order valence-corrected chi connectivity index (χ3v) is 3.83. The van der Waals surface area contributed by atoms with Gasteiger partial charge in [0, 0.05) is 16.1 Å². The lowest BCUT2D eigenvalue weighted by atomic mass is 10.2. The van der Waals surface area contributed by atoms with Gasteiger partial charge in [0.1, 0.15) is 6.54 Å². The van der Waals surface area contributed by atoms with Crippen molar-refractivity contribution in [3.8, 4) is 22.8 Å². The van der Waals surface area contributed by atoms with Crippen LogP contribution in [0, 0.1) is 0 Å². The fourth-order valence-electron chi connectivity index (χ4n) is 2.37. The fraction of sp³-hybridized carbons (Fsp3) is 0.0588. The van der Waals surface area contributed by atoms with Gasteiger partial charge in [-0.25, -0.2) is 9.36 Å². The summed E-state index contributed by atoms with van der Waals surface area (Å²) in [6.45, 7) is 0.0626. The molecule has 2 aromatic heterocycles. The first-order chi connectivity index (χ1) is 12.2. The van der Waals surface area contributed by atoms with Gasteiger partial charge in [0.05, 0.1) is 0 Å². The number of benzene rings is 2. The highest BCUT2D eigenvalue weighted by Gasteiger charge is 2.16. The molecule has 2 aromatic carbocycles. The highest BCUT2D eigenvalue weighted by atomic mass is 35.5. The predicted octanol–water partition coefficient (Wildman–Crippen LogP) is 3.26. The molecule has 0 aliphatic rings. The largest absolute Gasteiger partial charge is 0.442 e. The molecule has 0 amide bonds. The van der Waals surface area contributed by atoms with Crippen LogP contribution in [0.2, 0.25) is 5.02 Å². The van der Waals surface area contributed by atoms with Crippen LogP contribution in [-0.4, -0.2) is 19.9 Å². The molecule has 0 aliphatic carbocycles. The van der Waals surface area contributed by atoms with Crippen LogP contribution in [0.25, 0.3) is 22.8 Å². The first kappa shape index (κ1) is 15.3. The zero-order valence-corrected chi connectivity index (χ0v) is 13.6. The maximum atomic E-state index is 12.0. The molecule has 2 heterocycles. The minimum atomic E-state index is -0.593. The number of rotatable bonds is 4. The monoisotopic (exact) mass is 354 g/mol. The molecular weight excluding hydrogens is 344 g/mol. The van der Waals surface area contributed by atoms with Gasteiger partial charge in [-0.1, -0.05) is 52.2 Å². The van der Waals surface area contributed by atoms with Crippen LogP contribution in [0.3, 0.4) is 0 Å². The number of aromatic nitrogens is 4. The smallest absolute Gasteiger partial charge is 0.337 e. The average molecular weight is 355 g/mol. The summed E-state index contributed by atoms with van der Waals surface area (Å²) in [5.74, 6) is 0.492. The molecule has 8 heteroatoms. The van der Waals surface area contributed by atoms with Crippen LogP contribution < -0.4 is 5.76 Å². The van der Waals surface area contributed by atoms with Crippen molar-refractivity contribution in [2.75, 3.05) is 0 Å². The van der Waals surface area contributed by atoms with Gasteiger partial charge in [0.25, 0.3) is 0 Å². The standard InChI is InChI=1S/C17H11ClN4O3/c18-13-8-6-11(7-9-13)15-19-14(24-20-15)10-22-16(21-25-17(22)23)12-4-2-1-3-5-12/h1-9H,10H2. The van der Waals surface area contributed by atoms with Crippen LogP contribution >= 0.6 is 11.6 Å². The molecule has 0 N–H and O–H groups in total. The Balaban J connectivity index is 1.65. The third-order valence-electron chi connectivity index (χ3n) is 3.58. The van der Waals surface area contributed by atoms with E-state index in [1.165, 1.54) is 4.57 Å². The van der Waals surface area contributed by atoms with Gasteiger partial charge < -0.3 is 4.52 Å². The number of nitrogens with zero attached hydrogens (tertiary/aromatic N) is 4. The average Bonchev–Trinajstić information content (AvgIpc) is 3.24. The van der Waals surface area contributed by atoms with Crippen molar-refractivity contribution in [2.24, 2.45) is 0 Å². The molecule has 0 saturated carbocycles. The lowest BCUT2D eigenvalue weighted by Crippen LogP contribution is -2.16. The van der Waals surface area contributed by atoms with Crippen molar-refractivity contribution >= 4 is 11.6 Å². The summed E-state index contributed by atoms with van der Waals surface area (Å²) >= 11 is 5.87. The van der Waals surface area contributed by atoms with Gasteiger partial charge in [-0.05, 0) is 24.3 Å². The van der Waals surface area contributed by atoms with Gasteiger partial charge in [-0.3, -0.25) is 4.52 Å². The zero-order chi connectivity index (χ0) is 17.2. The number of hydrogen-bond acceptors (Lipinski definition) is 6. The first-order valence-corrected chi connectivity index (χ1v) is 7.79. The van der Waals surface area contributed by atoms with Crippen molar-refractivity contribution in [1.29, 1.82) is 0 Å². The maximum Gasteiger partial charge on any atom is 0.442 e. The quantitative estimate of drug-likeness (QED) is 0.559. The minimum Gasteiger partial charge on any atom is -0.337 e. The van der Waals surface area contributed by atoms with E-state index in [4.69, 9.17) is 20.6 Å². The van der Waals surface area contributed by atoms with Gasteiger partial charge in [0.2, 0.25) is 11.7 Å². The van der Waals surface area contributed by atoms with E-state index in [9.17, 15) is 4.79 Å². The Hall–Kier alpha value is -3.19. The summed E-state index contributed by atoms with van der Waals surface area (Å²) in [6.07, 6.45) is 0. The topological polar surface area (TPSA) is 87.0 Å².